The molecule has 0 aromatic carbocycles. The van der Waals surface area contributed by atoms with Crippen molar-refractivity contribution in [2.24, 2.45) is 0 Å². The second-order valence-corrected chi connectivity index (χ2v) is 4.74. The van der Waals surface area contributed by atoms with Crippen LogP contribution in [0.1, 0.15) is 19.8 Å². The summed E-state index contributed by atoms with van der Waals surface area (Å²) in [6, 6.07) is 1.84. The second kappa shape index (κ2) is 7.58. The molecular formula is C14H19N3O5. The van der Waals surface area contributed by atoms with Crippen LogP contribution in [0.5, 0.6) is 11.9 Å². The zero-order valence-corrected chi connectivity index (χ0v) is 12.7. The molecule has 0 radical (unpaired) electrons. The lowest BCUT2D eigenvalue weighted by atomic mass is 10.1. The predicted octanol–water partition coefficient (Wildman–Crippen LogP) is 0.418. The van der Waals surface area contributed by atoms with E-state index in [1.807, 2.05) is 0 Å². The zero-order valence-electron chi connectivity index (χ0n) is 12.7. The highest BCUT2D eigenvalue weighted by molar-refractivity contribution is 6.32. The maximum absolute atomic E-state index is 11.9. The fraction of sp³-hybridized carbons (Fsp3) is 0.571. The lowest BCUT2D eigenvalue weighted by Crippen LogP contribution is -2.47. The summed E-state index contributed by atoms with van der Waals surface area (Å²) in [5.41, 5.74) is 0. The van der Waals surface area contributed by atoms with E-state index < -0.39 is 11.9 Å². The van der Waals surface area contributed by atoms with Gasteiger partial charge in [0.15, 0.2) is 0 Å². The minimum Gasteiger partial charge on any atom is -0.472 e. The molecule has 2 heterocycles. The molecule has 1 aromatic rings. The normalized spacial score (nSPS) is 17.7. The number of carbonyl (C=O) groups is 2. The van der Waals surface area contributed by atoms with E-state index in [2.05, 4.69) is 9.97 Å². The average Bonchev–Trinajstić information content (AvgIpc) is 2.55. The Morgan fingerprint density at radius 1 is 1.45 bits per heavy atom. The summed E-state index contributed by atoms with van der Waals surface area (Å²) in [4.78, 5) is 32.9. The minimum atomic E-state index is -0.827. The van der Waals surface area contributed by atoms with E-state index in [1.165, 1.54) is 18.2 Å². The van der Waals surface area contributed by atoms with Gasteiger partial charge >= 0.3 is 17.9 Å². The number of piperidine rings is 1. The molecule has 0 N–H and O–H groups in total. The van der Waals surface area contributed by atoms with Gasteiger partial charge in [0, 0.05) is 18.8 Å². The summed E-state index contributed by atoms with van der Waals surface area (Å²) in [6.45, 7) is 2.68. The molecule has 120 valence electrons. The number of hydrogen-bond donors (Lipinski definition) is 0. The topological polar surface area (TPSA) is 90.9 Å². The van der Waals surface area contributed by atoms with E-state index in [9.17, 15) is 9.59 Å². The molecule has 1 amide bonds. The first-order chi connectivity index (χ1) is 10.6. The smallest absolute Gasteiger partial charge is 0.397 e. The van der Waals surface area contributed by atoms with Gasteiger partial charge in [0.05, 0.1) is 20.3 Å². The third kappa shape index (κ3) is 4.06. The number of nitrogens with zero attached hydrogens (tertiary/aromatic N) is 3. The van der Waals surface area contributed by atoms with Gasteiger partial charge in [-0.1, -0.05) is 0 Å². The van der Waals surface area contributed by atoms with Crippen molar-refractivity contribution in [3.05, 3.63) is 12.3 Å². The van der Waals surface area contributed by atoms with Crippen molar-refractivity contribution >= 4 is 11.9 Å². The van der Waals surface area contributed by atoms with Crippen molar-refractivity contribution in [2.75, 3.05) is 26.8 Å². The highest BCUT2D eigenvalue weighted by Gasteiger charge is 2.29. The van der Waals surface area contributed by atoms with Gasteiger partial charge in [-0.3, -0.25) is 4.79 Å². The first kappa shape index (κ1) is 16.0. The first-order valence-corrected chi connectivity index (χ1v) is 7.13. The molecule has 2 rings (SSSR count). The number of carbonyl (C=O) groups excluding carboxylic acids is 2. The van der Waals surface area contributed by atoms with E-state index in [1.54, 1.807) is 13.0 Å². The molecule has 0 bridgehead atoms. The number of methoxy groups -OCH3 is 1. The summed E-state index contributed by atoms with van der Waals surface area (Å²) in [6.07, 6.45) is 2.83. The van der Waals surface area contributed by atoms with E-state index in [-0.39, 0.29) is 18.7 Å². The Balaban J connectivity index is 1.95. The largest absolute Gasteiger partial charge is 0.472 e. The molecule has 1 aromatic heterocycles. The third-order valence-electron chi connectivity index (χ3n) is 3.19. The lowest BCUT2D eigenvalue weighted by molar-refractivity contribution is -0.161. The Morgan fingerprint density at radius 2 is 2.27 bits per heavy atom. The Labute approximate surface area is 128 Å². The van der Waals surface area contributed by atoms with Crippen LogP contribution in [0.25, 0.3) is 0 Å². The van der Waals surface area contributed by atoms with E-state index in [0.29, 0.717) is 19.0 Å². The maximum Gasteiger partial charge on any atom is 0.397 e. The zero-order chi connectivity index (χ0) is 15.9. The molecule has 0 saturated carbocycles. The number of amides is 1. The molecule has 1 saturated heterocycles. The minimum absolute atomic E-state index is 0.180. The monoisotopic (exact) mass is 309 g/mol. The second-order valence-electron chi connectivity index (χ2n) is 4.74. The van der Waals surface area contributed by atoms with Crippen molar-refractivity contribution < 1.29 is 23.8 Å². The molecular weight excluding hydrogens is 290 g/mol. The van der Waals surface area contributed by atoms with Gasteiger partial charge in [-0.2, -0.15) is 4.98 Å². The van der Waals surface area contributed by atoms with Crippen LogP contribution in [-0.2, 0) is 14.3 Å². The Kier molecular flexibility index (Phi) is 5.51. The number of rotatable bonds is 4. The number of ether oxygens (including phenoxy) is 3. The van der Waals surface area contributed by atoms with Crippen LogP contribution in [0.15, 0.2) is 12.3 Å². The summed E-state index contributed by atoms with van der Waals surface area (Å²) in [7, 11) is 1.47. The fourth-order valence-corrected chi connectivity index (χ4v) is 2.20. The summed E-state index contributed by atoms with van der Waals surface area (Å²) in [5.74, 6) is -1.08. The highest BCUT2D eigenvalue weighted by Crippen LogP contribution is 2.18. The lowest BCUT2D eigenvalue weighted by Gasteiger charge is -2.31. The van der Waals surface area contributed by atoms with Crippen LogP contribution in [0.4, 0.5) is 0 Å². The quantitative estimate of drug-likeness (QED) is 0.588. The highest BCUT2D eigenvalue weighted by atomic mass is 16.5. The Morgan fingerprint density at radius 3 is 3.00 bits per heavy atom. The van der Waals surface area contributed by atoms with Crippen molar-refractivity contribution in [3.63, 3.8) is 0 Å². The average molecular weight is 309 g/mol. The predicted molar refractivity (Wildman–Crippen MR) is 75.4 cm³/mol. The molecule has 0 spiro atoms. The maximum atomic E-state index is 11.9. The molecule has 1 aliphatic heterocycles. The van der Waals surface area contributed by atoms with E-state index >= 15 is 0 Å². The number of esters is 1. The van der Waals surface area contributed by atoms with E-state index in [0.717, 1.165) is 12.8 Å². The van der Waals surface area contributed by atoms with Gasteiger partial charge in [0.1, 0.15) is 6.10 Å². The molecule has 1 atom stereocenters. The van der Waals surface area contributed by atoms with Crippen molar-refractivity contribution in [1.82, 2.24) is 14.9 Å². The molecule has 8 heteroatoms. The van der Waals surface area contributed by atoms with Crippen LogP contribution >= 0.6 is 0 Å². The summed E-state index contributed by atoms with van der Waals surface area (Å²) in [5, 5.41) is 0. The fourth-order valence-electron chi connectivity index (χ4n) is 2.20. The molecule has 1 aliphatic rings. The van der Waals surface area contributed by atoms with Crippen LogP contribution in [0, 0.1) is 0 Å². The van der Waals surface area contributed by atoms with Gasteiger partial charge in [0.25, 0.3) is 0 Å². The molecule has 1 unspecified atom stereocenters. The van der Waals surface area contributed by atoms with Gasteiger partial charge in [-0.15, -0.1) is 0 Å². The van der Waals surface area contributed by atoms with Gasteiger partial charge < -0.3 is 19.1 Å². The van der Waals surface area contributed by atoms with Crippen molar-refractivity contribution in [2.45, 2.75) is 25.9 Å². The van der Waals surface area contributed by atoms with Crippen molar-refractivity contribution in [3.8, 4) is 11.9 Å². The van der Waals surface area contributed by atoms with Crippen LogP contribution in [-0.4, -0.2) is 59.7 Å². The van der Waals surface area contributed by atoms with E-state index in [4.69, 9.17) is 14.2 Å². The summed E-state index contributed by atoms with van der Waals surface area (Å²) >= 11 is 0. The van der Waals surface area contributed by atoms with Crippen molar-refractivity contribution in [1.29, 1.82) is 0 Å². The van der Waals surface area contributed by atoms with Crippen LogP contribution in [0.2, 0.25) is 0 Å². The molecule has 1 fully saturated rings. The first-order valence-electron chi connectivity index (χ1n) is 7.13. The molecule has 8 nitrogen and oxygen atoms in total. The number of likely N-dealkylation sites (tertiary alicyclic amines) is 1. The van der Waals surface area contributed by atoms with Crippen LogP contribution < -0.4 is 9.47 Å². The number of hydrogen-bond acceptors (Lipinski definition) is 7. The van der Waals surface area contributed by atoms with Gasteiger partial charge in [0.2, 0.25) is 5.88 Å². The Hall–Kier alpha value is -2.38. The Bertz CT molecular complexity index is 537. The third-order valence-corrected chi connectivity index (χ3v) is 3.19. The standard InChI is InChI=1S/C14H19N3O5/c1-3-21-13(19)12(18)17-8-4-5-10(9-17)22-11-6-7-15-14(16-11)20-2/h6-7,10H,3-5,8-9H2,1-2H3. The SMILES string of the molecule is CCOC(=O)C(=O)N1CCCC(Oc2ccnc(OC)n2)C1. The van der Waals surface area contributed by atoms with Crippen LogP contribution in [0.3, 0.4) is 0 Å². The molecule has 22 heavy (non-hydrogen) atoms. The number of aromatic nitrogens is 2. The molecule has 0 aliphatic carbocycles. The summed E-state index contributed by atoms with van der Waals surface area (Å²) < 4.78 is 15.4. The van der Waals surface area contributed by atoms with Gasteiger partial charge in [-0.05, 0) is 19.8 Å². The van der Waals surface area contributed by atoms with Gasteiger partial charge in [-0.25, -0.2) is 9.78 Å².